The van der Waals surface area contributed by atoms with E-state index in [2.05, 4.69) is 45.1 Å². The minimum atomic E-state index is 0.413. The van der Waals surface area contributed by atoms with Crippen LogP contribution in [-0.4, -0.2) is 17.0 Å². The van der Waals surface area contributed by atoms with Gasteiger partial charge in [-0.25, -0.2) is 9.97 Å². The average Bonchev–Trinajstić information content (AvgIpc) is 2.74. The quantitative estimate of drug-likeness (QED) is 0.906. The molecule has 18 heavy (non-hydrogen) atoms. The van der Waals surface area contributed by atoms with Gasteiger partial charge in [0.2, 0.25) is 0 Å². The molecule has 3 nitrogen and oxygen atoms in total. The van der Waals surface area contributed by atoms with Crippen LogP contribution in [0.1, 0.15) is 31.0 Å². The second-order valence-corrected chi connectivity index (χ2v) is 6.87. The molecule has 0 radical (unpaired) electrons. The summed E-state index contributed by atoms with van der Waals surface area (Å²) in [6.07, 6.45) is 0. The number of anilines is 1. The van der Waals surface area contributed by atoms with Gasteiger partial charge in [-0.3, -0.25) is 0 Å². The topological polar surface area (TPSA) is 37.8 Å². The lowest BCUT2D eigenvalue weighted by Gasteiger charge is -2.15. The first-order valence-corrected chi connectivity index (χ1v) is 7.46. The summed E-state index contributed by atoms with van der Waals surface area (Å²) < 4.78 is 1.10. The summed E-state index contributed by atoms with van der Waals surface area (Å²) in [5, 5.41) is 3.18. The molecule has 96 valence electrons. The number of aryl methyl sites for hydroxylation is 1. The molecule has 0 spiro atoms. The molecule has 0 aliphatic rings. The van der Waals surface area contributed by atoms with Crippen LogP contribution >= 0.6 is 27.3 Å². The molecule has 0 aliphatic heterocycles. The molecule has 1 N–H and O–H groups in total. The Morgan fingerprint density at radius 1 is 1.28 bits per heavy atom. The maximum atomic E-state index is 4.63. The summed E-state index contributed by atoms with van der Waals surface area (Å²) in [6.45, 7) is 6.37. The van der Waals surface area contributed by atoms with Crippen molar-refractivity contribution in [2.75, 3.05) is 12.4 Å². The number of rotatable bonds is 3. The number of hydrogen-bond acceptors (Lipinski definition) is 4. The van der Waals surface area contributed by atoms with Crippen LogP contribution in [0.4, 0.5) is 5.82 Å². The maximum absolute atomic E-state index is 4.63. The van der Waals surface area contributed by atoms with Crippen molar-refractivity contribution in [2.24, 2.45) is 0 Å². The molecule has 0 aliphatic carbocycles. The fourth-order valence-corrected chi connectivity index (χ4v) is 3.33. The van der Waals surface area contributed by atoms with Crippen molar-refractivity contribution < 1.29 is 0 Å². The molecule has 0 saturated carbocycles. The zero-order valence-corrected chi connectivity index (χ0v) is 13.3. The number of aromatic nitrogens is 2. The van der Waals surface area contributed by atoms with Gasteiger partial charge in [-0.05, 0) is 40.9 Å². The molecule has 0 aromatic carbocycles. The lowest BCUT2D eigenvalue weighted by Crippen LogP contribution is -2.06. The number of halogens is 1. The van der Waals surface area contributed by atoms with Crippen LogP contribution in [0.3, 0.4) is 0 Å². The van der Waals surface area contributed by atoms with Gasteiger partial charge in [-0.2, -0.15) is 0 Å². The van der Waals surface area contributed by atoms with Crippen LogP contribution in [0.15, 0.2) is 15.9 Å². The summed E-state index contributed by atoms with van der Waals surface area (Å²) in [7, 11) is 1.90. The van der Waals surface area contributed by atoms with E-state index in [1.807, 2.05) is 26.1 Å². The zero-order valence-electron chi connectivity index (χ0n) is 10.9. The number of nitrogens with one attached hydrogen (secondary N) is 1. The van der Waals surface area contributed by atoms with Crippen molar-refractivity contribution in [3.8, 4) is 10.7 Å². The smallest absolute Gasteiger partial charge is 0.171 e. The molecule has 0 fully saturated rings. The SMILES string of the molecule is CNc1nc(-c2ccc(Br)s2)nc(C)c1C(C)C. The Balaban J connectivity index is 2.55. The third kappa shape index (κ3) is 2.57. The van der Waals surface area contributed by atoms with Gasteiger partial charge in [-0.15, -0.1) is 11.3 Å². The minimum absolute atomic E-state index is 0.413. The molecule has 0 atom stereocenters. The van der Waals surface area contributed by atoms with E-state index in [1.165, 1.54) is 5.56 Å². The number of nitrogens with zero attached hydrogens (tertiary/aromatic N) is 2. The Labute approximate surface area is 120 Å². The van der Waals surface area contributed by atoms with E-state index in [4.69, 9.17) is 0 Å². The van der Waals surface area contributed by atoms with E-state index >= 15 is 0 Å². The third-order valence-electron chi connectivity index (χ3n) is 2.74. The summed E-state index contributed by atoms with van der Waals surface area (Å²) >= 11 is 5.12. The van der Waals surface area contributed by atoms with E-state index in [0.717, 1.165) is 26.0 Å². The molecule has 0 saturated heterocycles. The average molecular weight is 326 g/mol. The molecular formula is C13H16BrN3S. The van der Waals surface area contributed by atoms with Gasteiger partial charge in [-0.1, -0.05) is 13.8 Å². The van der Waals surface area contributed by atoms with Crippen molar-refractivity contribution in [3.05, 3.63) is 27.2 Å². The van der Waals surface area contributed by atoms with Gasteiger partial charge in [0, 0.05) is 18.3 Å². The maximum Gasteiger partial charge on any atom is 0.171 e. The standard InChI is InChI=1S/C13H16BrN3S/c1-7(2)11-8(3)16-12(17-13(11)15-4)9-5-6-10(14)18-9/h5-7H,1-4H3,(H,15,16,17). The molecule has 0 amide bonds. The van der Waals surface area contributed by atoms with Crippen LogP contribution < -0.4 is 5.32 Å². The van der Waals surface area contributed by atoms with Gasteiger partial charge >= 0.3 is 0 Å². The Kier molecular flexibility index (Phi) is 4.02. The Bertz CT molecular complexity index is 563. The monoisotopic (exact) mass is 325 g/mol. The van der Waals surface area contributed by atoms with Crippen molar-refractivity contribution in [1.29, 1.82) is 0 Å². The van der Waals surface area contributed by atoms with Gasteiger partial charge in [0.05, 0.1) is 8.66 Å². The van der Waals surface area contributed by atoms with Gasteiger partial charge < -0.3 is 5.32 Å². The first-order chi connectivity index (χ1) is 8.52. The van der Waals surface area contributed by atoms with Gasteiger partial charge in [0.1, 0.15) is 5.82 Å². The summed E-state index contributed by atoms with van der Waals surface area (Å²) in [6, 6.07) is 4.06. The molecule has 0 bridgehead atoms. The van der Waals surface area contributed by atoms with E-state index in [9.17, 15) is 0 Å². The van der Waals surface area contributed by atoms with Gasteiger partial charge in [0.15, 0.2) is 5.82 Å². The first-order valence-electron chi connectivity index (χ1n) is 5.85. The number of hydrogen-bond donors (Lipinski definition) is 1. The second kappa shape index (κ2) is 5.36. The van der Waals surface area contributed by atoms with E-state index < -0.39 is 0 Å². The summed E-state index contributed by atoms with van der Waals surface area (Å²) in [4.78, 5) is 10.3. The predicted octanol–water partition coefficient (Wildman–Crippen LogP) is 4.44. The van der Waals surface area contributed by atoms with Crippen LogP contribution in [0, 0.1) is 6.92 Å². The number of thiophene rings is 1. The molecule has 2 heterocycles. The summed E-state index contributed by atoms with van der Waals surface area (Å²) in [5.41, 5.74) is 2.24. The van der Waals surface area contributed by atoms with Crippen molar-refractivity contribution in [1.82, 2.24) is 9.97 Å². The lowest BCUT2D eigenvalue weighted by molar-refractivity contribution is 0.834. The Morgan fingerprint density at radius 3 is 2.50 bits per heavy atom. The fourth-order valence-electron chi connectivity index (χ4n) is 2.01. The Morgan fingerprint density at radius 2 is 2.00 bits per heavy atom. The van der Waals surface area contributed by atoms with Crippen LogP contribution in [0.2, 0.25) is 0 Å². The molecular weight excluding hydrogens is 310 g/mol. The summed E-state index contributed by atoms with van der Waals surface area (Å²) in [5.74, 6) is 2.13. The van der Waals surface area contributed by atoms with Crippen molar-refractivity contribution in [2.45, 2.75) is 26.7 Å². The lowest BCUT2D eigenvalue weighted by atomic mass is 10.0. The van der Waals surface area contributed by atoms with Crippen LogP contribution in [-0.2, 0) is 0 Å². The predicted molar refractivity (Wildman–Crippen MR) is 81.4 cm³/mol. The highest BCUT2D eigenvalue weighted by Crippen LogP contribution is 2.32. The fraction of sp³-hybridized carbons (Fsp3) is 0.385. The highest BCUT2D eigenvalue weighted by molar-refractivity contribution is 9.11. The first kappa shape index (κ1) is 13.5. The minimum Gasteiger partial charge on any atom is -0.373 e. The Hall–Kier alpha value is -0.940. The van der Waals surface area contributed by atoms with E-state index in [1.54, 1.807) is 11.3 Å². The molecule has 2 rings (SSSR count). The van der Waals surface area contributed by atoms with E-state index in [-0.39, 0.29) is 0 Å². The van der Waals surface area contributed by atoms with Crippen molar-refractivity contribution in [3.63, 3.8) is 0 Å². The van der Waals surface area contributed by atoms with Crippen LogP contribution in [0.5, 0.6) is 0 Å². The normalized spacial score (nSPS) is 11.0. The molecule has 0 unspecified atom stereocenters. The highest BCUT2D eigenvalue weighted by atomic mass is 79.9. The molecule has 5 heteroatoms. The zero-order chi connectivity index (χ0) is 13.3. The molecule has 2 aromatic rings. The van der Waals surface area contributed by atoms with Crippen molar-refractivity contribution >= 4 is 33.1 Å². The van der Waals surface area contributed by atoms with Gasteiger partial charge in [0.25, 0.3) is 0 Å². The highest BCUT2D eigenvalue weighted by Gasteiger charge is 2.15. The molecule has 2 aromatic heterocycles. The third-order valence-corrected chi connectivity index (χ3v) is 4.36. The van der Waals surface area contributed by atoms with E-state index in [0.29, 0.717) is 5.92 Å². The largest absolute Gasteiger partial charge is 0.373 e. The second-order valence-electron chi connectivity index (χ2n) is 4.40. The van der Waals surface area contributed by atoms with Crippen LogP contribution in [0.25, 0.3) is 10.7 Å².